The number of carbonyl (C=O) groups is 1. The molecule has 2 aromatic carbocycles. The molecule has 0 saturated carbocycles. The van der Waals surface area contributed by atoms with Crippen LogP contribution in [0.15, 0.2) is 52.0 Å². The highest BCUT2D eigenvalue weighted by molar-refractivity contribution is 9.10. The number of tetrazole rings is 1. The minimum absolute atomic E-state index is 0.114. The average molecular weight is 455 g/mol. The van der Waals surface area contributed by atoms with E-state index in [0.717, 1.165) is 4.80 Å². The molecule has 0 aliphatic carbocycles. The van der Waals surface area contributed by atoms with Gasteiger partial charge in [0.15, 0.2) is 0 Å². The van der Waals surface area contributed by atoms with Gasteiger partial charge in [0.2, 0.25) is 5.82 Å². The molecule has 0 saturated heterocycles. The van der Waals surface area contributed by atoms with Crippen LogP contribution in [0.1, 0.15) is 11.1 Å². The van der Waals surface area contributed by atoms with Crippen LogP contribution in [0.25, 0.3) is 11.4 Å². The van der Waals surface area contributed by atoms with Gasteiger partial charge in [0.25, 0.3) is 11.6 Å². The molecular weight excluding hydrogens is 444 g/mol. The number of hydrazone groups is 1. The fraction of sp³-hybridized carbons (Fsp3) is 0.0588. The Morgan fingerprint density at radius 2 is 2.17 bits per heavy atom. The molecule has 0 spiro atoms. The van der Waals surface area contributed by atoms with Crippen molar-refractivity contribution < 1.29 is 9.72 Å². The zero-order valence-corrected chi connectivity index (χ0v) is 16.1. The molecule has 0 aliphatic heterocycles. The number of nitrogens with zero attached hydrogens (tertiary/aromatic N) is 7. The summed E-state index contributed by atoms with van der Waals surface area (Å²) in [4.78, 5) is 23.4. The monoisotopic (exact) mass is 454 g/mol. The van der Waals surface area contributed by atoms with E-state index in [1.54, 1.807) is 30.3 Å². The minimum Gasteiger partial charge on any atom is -0.271 e. The van der Waals surface area contributed by atoms with Crippen LogP contribution in [0.4, 0.5) is 5.69 Å². The van der Waals surface area contributed by atoms with Crippen LogP contribution in [-0.4, -0.2) is 37.3 Å². The molecule has 0 aliphatic rings. The van der Waals surface area contributed by atoms with E-state index in [1.165, 1.54) is 18.3 Å². The zero-order valence-electron chi connectivity index (χ0n) is 14.6. The van der Waals surface area contributed by atoms with Gasteiger partial charge in [0.1, 0.15) is 6.54 Å². The summed E-state index contributed by atoms with van der Waals surface area (Å²) >= 11 is 3.09. The molecule has 11 nitrogen and oxygen atoms in total. The molecule has 0 atom stereocenters. The Morgan fingerprint density at radius 3 is 2.93 bits per heavy atom. The van der Waals surface area contributed by atoms with Crippen molar-refractivity contribution in [3.8, 4) is 17.5 Å². The molecule has 29 heavy (non-hydrogen) atoms. The van der Waals surface area contributed by atoms with Crippen molar-refractivity contribution in [1.29, 1.82) is 5.26 Å². The second-order valence-corrected chi connectivity index (χ2v) is 6.42. The first kappa shape index (κ1) is 19.8. The third kappa shape index (κ3) is 4.85. The van der Waals surface area contributed by atoms with Gasteiger partial charge in [-0.2, -0.15) is 15.2 Å². The van der Waals surface area contributed by atoms with E-state index < -0.39 is 10.8 Å². The van der Waals surface area contributed by atoms with Crippen molar-refractivity contribution in [3.05, 3.63) is 68.2 Å². The number of nitro benzene ring substituents is 1. The number of hydrogen-bond donors (Lipinski definition) is 1. The van der Waals surface area contributed by atoms with Gasteiger partial charge in [-0.05, 0) is 39.3 Å². The van der Waals surface area contributed by atoms with Gasteiger partial charge in [-0.1, -0.05) is 18.2 Å². The summed E-state index contributed by atoms with van der Waals surface area (Å²) in [5.74, 6) is -0.300. The molecule has 3 rings (SSSR count). The van der Waals surface area contributed by atoms with E-state index in [9.17, 15) is 14.9 Å². The molecule has 3 aromatic rings. The summed E-state index contributed by atoms with van der Waals surface area (Å²) in [5.41, 5.74) is 3.51. The summed E-state index contributed by atoms with van der Waals surface area (Å²) in [6, 6.07) is 13.2. The summed E-state index contributed by atoms with van der Waals surface area (Å²) in [6.07, 6.45) is 1.28. The molecule has 0 radical (unpaired) electrons. The summed E-state index contributed by atoms with van der Waals surface area (Å²) in [6.45, 7) is -0.250. The number of carbonyl (C=O) groups excluding carboxylic acids is 1. The van der Waals surface area contributed by atoms with Gasteiger partial charge in [0.05, 0.1) is 27.2 Å². The van der Waals surface area contributed by atoms with Crippen LogP contribution in [0, 0.1) is 21.4 Å². The van der Waals surface area contributed by atoms with E-state index in [-0.39, 0.29) is 18.1 Å². The average Bonchev–Trinajstić information content (AvgIpc) is 3.17. The molecule has 0 bridgehead atoms. The predicted molar refractivity (Wildman–Crippen MR) is 105 cm³/mol. The fourth-order valence-corrected chi connectivity index (χ4v) is 2.68. The first-order chi connectivity index (χ1) is 14.0. The molecule has 0 unspecified atom stereocenters. The van der Waals surface area contributed by atoms with Gasteiger partial charge in [-0.25, -0.2) is 5.43 Å². The summed E-state index contributed by atoms with van der Waals surface area (Å²) in [7, 11) is 0. The van der Waals surface area contributed by atoms with Crippen LogP contribution in [0.5, 0.6) is 0 Å². The number of amides is 1. The number of aromatic nitrogens is 4. The SMILES string of the molecule is N#Cc1ccccc1-c1nnn(CC(=O)NN=Cc2ccc(Br)c([N+](=O)[O-])c2)n1. The summed E-state index contributed by atoms with van der Waals surface area (Å²) in [5, 5.41) is 35.6. The topological polar surface area (TPSA) is 152 Å². The molecule has 1 aromatic heterocycles. The Bertz CT molecular complexity index is 1150. The van der Waals surface area contributed by atoms with Gasteiger partial charge in [0, 0.05) is 17.2 Å². The van der Waals surface area contributed by atoms with Crippen LogP contribution in [-0.2, 0) is 11.3 Å². The lowest BCUT2D eigenvalue weighted by molar-refractivity contribution is -0.385. The third-order valence-corrected chi connectivity index (χ3v) is 4.27. The van der Waals surface area contributed by atoms with Crippen molar-refractivity contribution >= 4 is 33.7 Å². The van der Waals surface area contributed by atoms with Crippen molar-refractivity contribution in [2.45, 2.75) is 6.54 Å². The van der Waals surface area contributed by atoms with Crippen LogP contribution >= 0.6 is 15.9 Å². The largest absolute Gasteiger partial charge is 0.284 e. The van der Waals surface area contributed by atoms with E-state index in [2.05, 4.69) is 41.9 Å². The molecule has 12 heteroatoms. The van der Waals surface area contributed by atoms with Crippen molar-refractivity contribution in [1.82, 2.24) is 25.6 Å². The normalized spacial score (nSPS) is 10.6. The highest BCUT2D eigenvalue weighted by atomic mass is 79.9. The number of nitro groups is 1. The lowest BCUT2D eigenvalue weighted by atomic mass is 10.1. The number of nitrogens with one attached hydrogen (secondary N) is 1. The second-order valence-electron chi connectivity index (χ2n) is 5.56. The third-order valence-electron chi connectivity index (χ3n) is 3.60. The maximum atomic E-state index is 12.0. The Labute approximate surface area is 171 Å². The quantitative estimate of drug-likeness (QED) is 0.339. The Hall–Kier alpha value is -3.98. The molecule has 0 fully saturated rings. The number of benzene rings is 2. The molecular formula is C17H11BrN8O3. The van der Waals surface area contributed by atoms with Gasteiger partial charge in [-0.3, -0.25) is 14.9 Å². The van der Waals surface area contributed by atoms with Crippen molar-refractivity contribution in [2.75, 3.05) is 0 Å². The highest BCUT2D eigenvalue weighted by Crippen LogP contribution is 2.24. The number of rotatable bonds is 6. The first-order valence-electron chi connectivity index (χ1n) is 8.01. The highest BCUT2D eigenvalue weighted by Gasteiger charge is 2.13. The Kier molecular flexibility index (Phi) is 6.00. The van der Waals surface area contributed by atoms with Crippen LogP contribution in [0.3, 0.4) is 0 Å². The van der Waals surface area contributed by atoms with Gasteiger partial charge >= 0.3 is 0 Å². The van der Waals surface area contributed by atoms with Crippen molar-refractivity contribution in [3.63, 3.8) is 0 Å². The number of halogens is 1. The summed E-state index contributed by atoms with van der Waals surface area (Å²) < 4.78 is 0.342. The van der Waals surface area contributed by atoms with E-state index in [0.29, 0.717) is 21.2 Å². The first-order valence-corrected chi connectivity index (χ1v) is 8.80. The fourth-order valence-electron chi connectivity index (χ4n) is 2.29. The zero-order chi connectivity index (χ0) is 20.8. The minimum atomic E-state index is -0.529. The predicted octanol–water partition coefficient (Wildman–Crippen LogP) is 2.03. The Morgan fingerprint density at radius 1 is 1.38 bits per heavy atom. The lowest BCUT2D eigenvalue weighted by Gasteiger charge is -1.99. The van der Waals surface area contributed by atoms with Gasteiger partial charge in [-0.15, -0.1) is 10.2 Å². The van der Waals surface area contributed by atoms with Crippen molar-refractivity contribution in [2.24, 2.45) is 5.10 Å². The van der Waals surface area contributed by atoms with Crippen LogP contribution < -0.4 is 5.43 Å². The standard InChI is InChI=1S/C17H11BrN8O3/c18-14-6-5-11(7-15(14)26(28)29)9-20-21-16(27)10-25-23-17(22-24-25)13-4-2-1-3-12(13)8-19/h1-7,9H,10H2,(H,21,27). The smallest absolute Gasteiger partial charge is 0.271 e. The molecule has 1 amide bonds. The lowest BCUT2D eigenvalue weighted by Crippen LogP contribution is -2.24. The maximum Gasteiger partial charge on any atom is 0.284 e. The van der Waals surface area contributed by atoms with E-state index >= 15 is 0 Å². The Balaban J connectivity index is 1.63. The van der Waals surface area contributed by atoms with Gasteiger partial charge < -0.3 is 0 Å². The maximum absolute atomic E-state index is 12.0. The number of hydrogen-bond acceptors (Lipinski definition) is 8. The van der Waals surface area contributed by atoms with E-state index in [4.69, 9.17) is 5.26 Å². The number of nitriles is 1. The molecule has 1 N–H and O–H groups in total. The second kappa shape index (κ2) is 8.81. The molecule has 1 heterocycles. The molecule has 144 valence electrons. The van der Waals surface area contributed by atoms with Crippen LogP contribution in [0.2, 0.25) is 0 Å². The van der Waals surface area contributed by atoms with E-state index in [1.807, 2.05) is 6.07 Å².